The summed E-state index contributed by atoms with van der Waals surface area (Å²) in [5.74, 6) is 0.253. The summed E-state index contributed by atoms with van der Waals surface area (Å²) in [5.41, 5.74) is 0.777. The molecular weight excluding hydrogens is 282 g/mol. The van der Waals surface area contributed by atoms with E-state index in [0.29, 0.717) is 6.42 Å². The number of carbonyl (C=O) groups excluding carboxylic acids is 1. The molecule has 1 aliphatic heterocycles. The number of thiazole rings is 1. The van der Waals surface area contributed by atoms with E-state index in [4.69, 9.17) is 0 Å². The minimum atomic E-state index is 0.253. The molecule has 4 rings (SSSR count). The van der Waals surface area contributed by atoms with Crippen LogP contribution in [0.5, 0.6) is 0 Å². The number of Topliss-reactive ketones (excluding diaryl/α,β-unsaturated/α-hetero) is 1. The number of anilines is 1. The molecule has 0 unspecified atom stereocenters. The van der Waals surface area contributed by atoms with Crippen molar-refractivity contribution >= 4 is 22.3 Å². The average Bonchev–Trinajstić information content (AvgIpc) is 3.18. The van der Waals surface area contributed by atoms with Gasteiger partial charge in [-0.3, -0.25) is 9.69 Å². The lowest BCUT2D eigenvalue weighted by molar-refractivity contribution is 0.0968. The summed E-state index contributed by atoms with van der Waals surface area (Å²) in [6.07, 6.45) is 8.33. The summed E-state index contributed by atoms with van der Waals surface area (Å²) >= 11 is 1.75. The van der Waals surface area contributed by atoms with Crippen molar-refractivity contribution in [2.24, 2.45) is 0 Å². The van der Waals surface area contributed by atoms with Gasteiger partial charge in [-0.1, -0.05) is 12.8 Å². The molecule has 2 aliphatic carbocycles. The first-order valence-electron chi connectivity index (χ1n) is 8.33. The predicted molar refractivity (Wildman–Crippen MR) is 85.4 cm³/mol. The van der Waals surface area contributed by atoms with Crippen LogP contribution in [-0.4, -0.2) is 47.9 Å². The van der Waals surface area contributed by atoms with E-state index in [1.807, 2.05) is 0 Å². The molecule has 2 heterocycles. The van der Waals surface area contributed by atoms with Crippen LogP contribution in [0.2, 0.25) is 0 Å². The standard InChI is InChI=1S/C16H23N3OS/c20-13-6-3-7-14-15(13)17-16(21-14)19-10-8-18(9-11-19)12-4-1-2-5-12/h12H,1-11H2. The Morgan fingerprint density at radius 1 is 1.00 bits per heavy atom. The number of hydrogen-bond acceptors (Lipinski definition) is 5. The summed E-state index contributed by atoms with van der Waals surface area (Å²) in [7, 11) is 0. The minimum absolute atomic E-state index is 0.253. The van der Waals surface area contributed by atoms with E-state index in [1.165, 1.54) is 30.6 Å². The maximum absolute atomic E-state index is 11.9. The van der Waals surface area contributed by atoms with Gasteiger partial charge in [0.25, 0.3) is 0 Å². The normalized spacial score (nSPS) is 24.6. The van der Waals surface area contributed by atoms with Gasteiger partial charge in [-0.2, -0.15) is 0 Å². The Bertz CT molecular complexity index is 528. The highest BCUT2D eigenvalue weighted by molar-refractivity contribution is 7.16. The zero-order chi connectivity index (χ0) is 14.2. The molecule has 0 bridgehead atoms. The maximum Gasteiger partial charge on any atom is 0.186 e. The topological polar surface area (TPSA) is 36.4 Å². The van der Waals surface area contributed by atoms with Gasteiger partial charge in [-0.25, -0.2) is 4.98 Å². The second-order valence-electron chi connectivity index (χ2n) is 6.51. The van der Waals surface area contributed by atoms with Gasteiger partial charge < -0.3 is 4.90 Å². The van der Waals surface area contributed by atoms with Crippen molar-refractivity contribution in [3.05, 3.63) is 10.6 Å². The number of carbonyl (C=O) groups is 1. The number of aromatic nitrogens is 1. The Labute approximate surface area is 130 Å². The highest BCUT2D eigenvalue weighted by Crippen LogP contribution is 2.33. The molecule has 1 aromatic rings. The summed E-state index contributed by atoms with van der Waals surface area (Å²) < 4.78 is 0. The van der Waals surface area contributed by atoms with Crippen molar-refractivity contribution in [1.82, 2.24) is 9.88 Å². The van der Waals surface area contributed by atoms with Gasteiger partial charge >= 0.3 is 0 Å². The fourth-order valence-corrected chi connectivity index (χ4v) is 5.11. The van der Waals surface area contributed by atoms with Crippen LogP contribution in [0.4, 0.5) is 5.13 Å². The molecule has 3 aliphatic rings. The number of nitrogens with zero attached hydrogens (tertiary/aromatic N) is 3. The third-order valence-corrected chi connectivity index (χ3v) is 6.36. The maximum atomic E-state index is 11.9. The van der Waals surface area contributed by atoms with Gasteiger partial charge in [0.15, 0.2) is 10.9 Å². The van der Waals surface area contributed by atoms with Gasteiger partial charge in [0, 0.05) is 43.5 Å². The van der Waals surface area contributed by atoms with E-state index in [9.17, 15) is 4.79 Å². The van der Waals surface area contributed by atoms with Crippen molar-refractivity contribution in [3.8, 4) is 0 Å². The molecule has 0 radical (unpaired) electrons. The SMILES string of the molecule is O=C1CCCc2sc(N3CCN(C4CCCC4)CC3)nc21. The first-order chi connectivity index (χ1) is 10.3. The molecule has 5 heteroatoms. The summed E-state index contributed by atoms with van der Waals surface area (Å²) in [6, 6.07) is 0.832. The van der Waals surface area contributed by atoms with Gasteiger partial charge in [-0.15, -0.1) is 11.3 Å². The number of ketones is 1. The van der Waals surface area contributed by atoms with Gasteiger partial charge in [-0.05, 0) is 25.7 Å². The van der Waals surface area contributed by atoms with Crippen LogP contribution in [0.25, 0.3) is 0 Å². The van der Waals surface area contributed by atoms with Crippen molar-refractivity contribution in [3.63, 3.8) is 0 Å². The van der Waals surface area contributed by atoms with E-state index >= 15 is 0 Å². The monoisotopic (exact) mass is 305 g/mol. The molecule has 0 spiro atoms. The molecule has 0 amide bonds. The van der Waals surface area contributed by atoms with Crippen LogP contribution in [0.1, 0.15) is 53.9 Å². The molecule has 0 N–H and O–H groups in total. The molecule has 1 saturated carbocycles. The number of fused-ring (bicyclic) bond motifs is 1. The quantitative estimate of drug-likeness (QED) is 0.842. The fourth-order valence-electron chi connectivity index (χ4n) is 3.94. The molecule has 2 fully saturated rings. The molecule has 1 saturated heterocycles. The van der Waals surface area contributed by atoms with Gasteiger partial charge in [0.05, 0.1) is 0 Å². The summed E-state index contributed by atoms with van der Waals surface area (Å²) in [4.78, 5) is 22.9. The second-order valence-corrected chi connectivity index (χ2v) is 7.57. The Kier molecular flexibility index (Phi) is 3.71. The first-order valence-corrected chi connectivity index (χ1v) is 9.15. The lowest BCUT2D eigenvalue weighted by Gasteiger charge is -2.37. The Morgan fingerprint density at radius 3 is 2.48 bits per heavy atom. The van der Waals surface area contributed by atoms with E-state index < -0.39 is 0 Å². The Balaban J connectivity index is 1.43. The third kappa shape index (κ3) is 2.61. The molecule has 0 aromatic carbocycles. The smallest absolute Gasteiger partial charge is 0.186 e. The molecule has 1 aromatic heterocycles. The predicted octanol–water partition coefficient (Wildman–Crippen LogP) is 2.73. The minimum Gasteiger partial charge on any atom is -0.346 e. The third-order valence-electron chi connectivity index (χ3n) is 5.18. The summed E-state index contributed by atoms with van der Waals surface area (Å²) in [6.45, 7) is 4.44. The highest BCUT2D eigenvalue weighted by atomic mass is 32.1. The van der Waals surface area contributed by atoms with Crippen LogP contribution < -0.4 is 4.90 Å². The van der Waals surface area contributed by atoms with Crippen molar-refractivity contribution in [2.75, 3.05) is 31.1 Å². The van der Waals surface area contributed by atoms with E-state index in [0.717, 1.165) is 55.9 Å². The first kappa shape index (κ1) is 13.7. The van der Waals surface area contributed by atoms with Crippen molar-refractivity contribution < 1.29 is 4.79 Å². The Morgan fingerprint density at radius 2 is 1.76 bits per heavy atom. The Hall–Kier alpha value is -0.940. The molecule has 114 valence electrons. The van der Waals surface area contributed by atoms with Crippen LogP contribution in [0.15, 0.2) is 0 Å². The number of piperazine rings is 1. The van der Waals surface area contributed by atoms with Crippen LogP contribution in [0, 0.1) is 0 Å². The zero-order valence-electron chi connectivity index (χ0n) is 12.5. The van der Waals surface area contributed by atoms with Gasteiger partial charge in [0.2, 0.25) is 0 Å². The second kappa shape index (κ2) is 5.69. The number of aryl methyl sites for hydroxylation is 1. The average molecular weight is 305 g/mol. The van der Waals surface area contributed by atoms with Crippen LogP contribution in [-0.2, 0) is 6.42 Å². The summed E-state index contributed by atoms with van der Waals surface area (Å²) in [5, 5.41) is 1.08. The van der Waals surface area contributed by atoms with E-state index in [1.54, 1.807) is 11.3 Å². The fraction of sp³-hybridized carbons (Fsp3) is 0.750. The number of rotatable bonds is 2. The lowest BCUT2D eigenvalue weighted by atomic mass is 10.0. The van der Waals surface area contributed by atoms with Crippen molar-refractivity contribution in [2.45, 2.75) is 51.0 Å². The molecule has 0 atom stereocenters. The largest absolute Gasteiger partial charge is 0.346 e. The molecule has 21 heavy (non-hydrogen) atoms. The molecule has 4 nitrogen and oxygen atoms in total. The zero-order valence-corrected chi connectivity index (χ0v) is 13.3. The highest BCUT2D eigenvalue weighted by Gasteiger charge is 2.29. The van der Waals surface area contributed by atoms with Gasteiger partial charge in [0.1, 0.15) is 5.69 Å². The van der Waals surface area contributed by atoms with E-state index in [2.05, 4.69) is 14.8 Å². The van der Waals surface area contributed by atoms with E-state index in [-0.39, 0.29) is 5.78 Å². The van der Waals surface area contributed by atoms with Crippen molar-refractivity contribution in [1.29, 1.82) is 0 Å². The molecular formula is C16H23N3OS. The number of hydrogen-bond donors (Lipinski definition) is 0. The van der Waals surface area contributed by atoms with Crippen LogP contribution in [0.3, 0.4) is 0 Å². The van der Waals surface area contributed by atoms with Crippen LogP contribution >= 0.6 is 11.3 Å². The lowest BCUT2D eigenvalue weighted by Crippen LogP contribution is -2.49.